The zero-order chi connectivity index (χ0) is 17.3. The van der Waals surface area contributed by atoms with Gasteiger partial charge in [-0.05, 0) is 38.5 Å². The molecular formula is C18H19N3O3. The first-order valence-corrected chi connectivity index (χ1v) is 7.73. The monoisotopic (exact) mass is 325 g/mol. The van der Waals surface area contributed by atoms with Crippen LogP contribution in [-0.4, -0.2) is 34.3 Å². The van der Waals surface area contributed by atoms with Gasteiger partial charge in [0.25, 0.3) is 0 Å². The molecule has 6 heteroatoms. The molecular weight excluding hydrogens is 306 g/mol. The molecule has 0 fully saturated rings. The lowest BCUT2D eigenvalue weighted by Gasteiger charge is -2.07. The van der Waals surface area contributed by atoms with E-state index >= 15 is 0 Å². The van der Waals surface area contributed by atoms with Crippen molar-refractivity contribution in [1.29, 1.82) is 0 Å². The van der Waals surface area contributed by atoms with Crippen molar-refractivity contribution in [2.45, 2.75) is 20.8 Å². The zero-order valence-corrected chi connectivity index (χ0v) is 14.2. The Labute approximate surface area is 140 Å². The van der Waals surface area contributed by atoms with Gasteiger partial charge in [-0.25, -0.2) is 14.3 Å². The minimum Gasteiger partial charge on any atom is -0.497 e. The smallest absolute Gasteiger partial charge is 0.341 e. The highest BCUT2D eigenvalue weighted by Crippen LogP contribution is 2.29. The normalized spacial score (nSPS) is 10.8. The molecule has 2 heterocycles. The van der Waals surface area contributed by atoms with Gasteiger partial charge in [0.15, 0.2) is 5.65 Å². The third-order valence-electron chi connectivity index (χ3n) is 3.93. The SMILES string of the molecule is CCOC(=O)c1cnc2c(-c3ccc(OC)cc3)c(C)nn2c1C. The van der Waals surface area contributed by atoms with Gasteiger partial charge in [0.2, 0.25) is 0 Å². The van der Waals surface area contributed by atoms with Gasteiger partial charge in [0.1, 0.15) is 5.75 Å². The van der Waals surface area contributed by atoms with Gasteiger partial charge in [-0.1, -0.05) is 12.1 Å². The van der Waals surface area contributed by atoms with Gasteiger partial charge in [-0.3, -0.25) is 0 Å². The van der Waals surface area contributed by atoms with Gasteiger partial charge in [-0.15, -0.1) is 0 Å². The van der Waals surface area contributed by atoms with Crippen LogP contribution in [0.2, 0.25) is 0 Å². The summed E-state index contributed by atoms with van der Waals surface area (Å²) in [6.45, 7) is 5.87. The molecule has 0 unspecified atom stereocenters. The van der Waals surface area contributed by atoms with Crippen molar-refractivity contribution in [3.8, 4) is 16.9 Å². The Balaban J connectivity index is 2.15. The van der Waals surface area contributed by atoms with Crippen LogP contribution in [0.1, 0.15) is 28.7 Å². The van der Waals surface area contributed by atoms with Gasteiger partial charge >= 0.3 is 5.97 Å². The van der Waals surface area contributed by atoms with Crippen molar-refractivity contribution in [2.24, 2.45) is 0 Å². The number of ether oxygens (including phenoxy) is 2. The van der Waals surface area contributed by atoms with E-state index in [-0.39, 0.29) is 5.97 Å². The van der Waals surface area contributed by atoms with Crippen molar-refractivity contribution < 1.29 is 14.3 Å². The maximum Gasteiger partial charge on any atom is 0.341 e. The number of carbonyl (C=O) groups excluding carboxylic acids is 1. The van der Waals surface area contributed by atoms with E-state index in [4.69, 9.17) is 9.47 Å². The summed E-state index contributed by atoms with van der Waals surface area (Å²) in [6.07, 6.45) is 1.55. The van der Waals surface area contributed by atoms with Crippen molar-refractivity contribution in [3.63, 3.8) is 0 Å². The zero-order valence-electron chi connectivity index (χ0n) is 14.2. The minimum atomic E-state index is -0.386. The second-order valence-electron chi connectivity index (χ2n) is 5.40. The fourth-order valence-corrected chi connectivity index (χ4v) is 2.71. The molecule has 0 spiro atoms. The van der Waals surface area contributed by atoms with Crippen LogP contribution in [0.25, 0.3) is 16.8 Å². The number of esters is 1. The average molecular weight is 325 g/mol. The maximum absolute atomic E-state index is 12.0. The van der Waals surface area contributed by atoms with Gasteiger partial charge in [-0.2, -0.15) is 5.10 Å². The lowest BCUT2D eigenvalue weighted by molar-refractivity contribution is 0.0524. The number of fused-ring (bicyclic) bond motifs is 1. The van der Waals surface area contributed by atoms with Crippen LogP contribution in [0.5, 0.6) is 5.75 Å². The summed E-state index contributed by atoms with van der Waals surface area (Å²) in [7, 11) is 1.64. The summed E-state index contributed by atoms with van der Waals surface area (Å²) in [5.74, 6) is 0.408. The van der Waals surface area contributed by atoms with Crippen LogP contribution in [0.15, 0.2) is 30.5 Å². The number of methoxy groups -OCH3 is 1. The van der Waals surface area contributed by atoms with E-state index in [1.807, 2.05) is 38.1 Å². The highest BCUT2D eigenvalue weighted by molar-refractivity contribution is 5.91. The molecule has 0 aliphatic rings. The Morgan fingerprint density at radius 2 is 1.92 bits per heavy atom. The van der Waals surface area contributed by atoms with Crippen molar-refractivity contribution in [2.75, 3.05) is 13.7 Å². The first-order chi connectivity index (χ1) is 11.6. The van der Waals surface area contributed by atoms with Crippen LogP contribution in [0.3, 0.4) is 0 Å². The van der Waals surface area contributed by atoms with Crippen LogP contribution in [0.4, 0.5) is 0 Å². The lowest BCUT2D eigenvalue weighted by Crippen LogP contribution is -2.11. The predicted molar refractivity (Wildman–Crippen MR) is 90.4 cm³/mol. The molecule has 0 saturated carbocycles. The highest BCUT2D eigenvalue weighted by atomic mass is 16.5. The third kappa shape index (κ3) is 2.60. The Morgan fingerprint density at radius 3 is 2.54 bits per heavy atom. The molecule has 0 saturated heterocycles. The molecule has 3 aromatic rings. The molecule has 3 rings (SSSR count). The number of carbonyl (C=O) groups is 1. The van der Waals surface area contributed by atoms with Crippen molar-refractivity contribution in [1.82, 2.24) is 14.6 Å². The standard InChI is InChI=1S/C18H19N3O3/c1-5-24-18(22)15-10-19-17-16(11(2)20-21(17)12(15)3)13-6-8-14(23-4)9-7-13/h6-10H,5H2,1-4H3. The topological polar surface area (TPSA) is 65.7 Å². The van der Waals surface area contributed by atoms with Crippen LogP contribution < -0.4 is 4.74 Å². The Bertz CT molecular complexity index is 898. The second-order valence-corrected chi connectivity index (χ2v) is 5.40. The summed E-state index contributed by atoms with van der Waals surface area (Å²) in [4.78, 5) is 16.5. The predicted octanol–water partition coefficient (Wildman–Crippen LogP) is 3.20. The number of benzene rings is 1. The van der Waals surface area contributed by atoms with Crippen LogP contribution in [-0.2, 0) is 4.74 Å². The second kappa shape index (κ2) is 6.31. The van der Waals surface area contributed by atoms with E-state index < -0.39 is 0 Å². The summed E-state index contributed by atoms with van der Waals surface area (Å²) >= 11 is 0. The van der Waals surface area contributed by atoms with E-state index in [1.54, 1.807) is 24.7 Å². The fourth-order valence-electron chi connectivity index (χ4n) is 2.71. The summed E-state index contributed by atoms with van der Waals surface area (Å²) < 4.78 is 12.0. The largest absolute Gasteiger partial charge is 0.497 e. The molecule has 2 aromatic heterocycles. The Morgan fingerprint density at radius 1 is 1.21 bits per heavy atom. The van der Waals surface area contributed by atoms with Gasteiger partial charge in [0, 0.05) is 11.8 Å². The van der Waals surface area contributed by atoms with Crippen LogP contribution in [0, 0.1) is 13.8 Å². The quantitative estimate of drug-likeness (QED) is 0.689. The maximum atomic E-state index is 12.0. The number of nitrogens with zero attached hydrogens (tertiary/aromatic N) is 3. The van der Waals surface area contributed by atoms with E-state index in [1.165, 1.54) is 0 Å². The molecule has 124 valence electrons. The van der Waals surface area contributed by atoms with Gasteiger partial charge in [0.05, 0.1) is 30.7 Å². The van der Waals surface area contributed by atoms with Crippen LogP contribution >= 0.6 is 0 Å². The average Bonchev–Trinajstić information content (AvgIpc) is 2.92. The lowest BCUT2D eigenvalue weighted by atomic mass is 10.1. The fraction of sp³-hybridized carbons (Fsp3) is 0.278. The minimum absolute atomic E-state index is 0.325. The molecule has 24 heavy (non-hydrogen) atoms. The molecule has 0 N–H and O–H groups in total. The first-order valence-electron chi connectivity index (χ1n) is 7.73. The molecule has 0 bridgehead atoms. The molecule has 0 radical (unpaired) electrons. The summed E-state index contributed by atoms with van der Waals surface area (Å²) in [5.41, 5.74) is 4.63. The summed E-state index contributed by atoms with van der Waals surface area (Å²) in [6, 6.07) is 7.74. The number of aryl methyl sites for hydroxylation is 2. The molecule has 0 atom stereocenters. The highest BCUT2D eigenvalue weighted by Gasteiger charge is 2.19. The summed E-state index contributed by atoms with van der Waals surface area (Å²) in [5, 5.41) is 4.55. The number of aromatic nitrogens is 3. The third-order valence-corrected chi connectivity index (χ3v) is 3.93. The number of rotatable bonds is 4. The molecule has 0 amide bonds. The van der Waals surface area contributed by atoms with E-state index in [2.05, 4.69) is 10.1 Å². The van der Waals surface area contributed by atoms with Crippen molar-refractivity contribution in [3.05, 3.63) is 47.4 Å². The molecule has 0 aliphatic carbocycles. The number of hydrogen-bond donors (Lipinski definition) is 0. The Kier molecular flexibility index (Phi) is 4.20. The van der Waals surface area contributed by atoms with E-state index in [9.17, 15) is 4.79 Å². The van der Waals surface area contributed by atoms with Crippen molar-refractivity contribution >= 4 is 11.6 Å². The first kappa shape index (κ1) is 16.0. The molecule has 1 aromatic carbocycles. The van der Waals surface area contributed by atoms with E-state index in [0.29, 0.717) is 23.5 Å². The Hall–Kier alpha value is -2.89. The van der Waals surface area contributed by atoms with E-state index in [0.717, 1.165) is 22.6 Å². The molecule has 6 nitrogen and oxygen atoms in total. The van der Waals surface area contributed by atoms with Gasteiger partial charge < -0.3 is 9.47 Å². The molecule has 0 aliphatic heterocycles. The number of hydrogen-bond acceptors (Lipinski definition) is 5.